The van der Waals surface area contributed by atoms with Gasteiger partial charge in [-0.15, -0.1) is 0 Å². The van der Waals surface area contributed by atoms with Crippen molar-refractivity contribution < 1.29 is 14.6 Å². The minimum Gasteiger partial charge on any atom is -0.273 e. The molecule has 0 radical (unpaired) electrons. The Morgan fingerprint density at radius 2 is 2.00 bits per heavy atom. The lowest BCUT2D eigenvalue weighted by molar-refractivity contribution is -0.499. The molecule has 18 heavy (non-hydrogen) atoms. The van der Waals surface area contributed by atoms with Crippen LogP contribution >= 0.6 is 0 Å². The summed E-state index contributed by atoms with van der Waals surface area (Å²) >= 11 is 0. The average molecular weight is 253 g/mol. The number of fused-ring (bicyclic) bond motifs is 1. The van der Waals surface area contributed by atoms with Crippen LogP contribution in [0.25, 0.3) is 0 Å². The number of amides is 3. The fourth-order valence-corrected chi connectivity index (χ4v) is 2.48. The van der Waals surface area contributed by atoms with E-state index in [0.29, 0.717) is 13.2 Å². The van der Waals surface area contributed by atoms with Crippen molar-refractivity contribution in [2.75, 3.05) is 33.9 Å². The maximum absolute atomic E-state index is 12.1. The number of nitrogens with one attached hydrogen (secondary N) is 1. The van der Waals surface area contributed by atoms with Crippen LogP contribution in [0.3, 0.4) is 0 Å². The fraction of sp³-hybridized carbons (Fsp3) is 0.750. The molecule has 0 bridgehead atoms. The number of hydrogen-bond donors (Lipinski definition) is 1. The first-order chi connectivity index (χ1) is 8.56. The lowest BCUT2D eigenvalue weighted by Crippen LogP contribution is -2.87. The van der Waals surface area contributed by atoms with Crippen LogP contribution in [0.2, 0.25) is 0 Å². The van der Waals surface area contributed by atoms with Gasteiger partial charge in [0.1, 0.15) is 6.67 Å². The highest BCUT2D eigenvalue weighted by molar-refractivity contribution is 6.16. The molecular weight excluding hydrogens is 232 g/mol. The van der Waals surface area contributed by atoms with Crippen molar-refractivity contribution in [3.05, 3.63) is 0 Å². The van der Waals surface area contributed by atoms with Crippen molar-refractivity contribution in [2.24, 2.45) is 5.92 Å². The summed E-state index contributed by atoms with van der Waals surface area (Å²) in [6, 6.07) is -0.263. The van der Waals surface area contributed by atoms with E-state index in [2.05, 4.69) is 16.8 Å². The van der Waals surface area contributed by atoms with Crippen LogP contribution in [0.1, 0.15) is 19.8 Å². The highest BCUT2D eigenvalue weighted by Gasteiger charge is 2.48. The minimum atomic E-state index is -0.263. The van der Waals surface area contributed by atoms with E-state index in [-0.39, 0.29) is 17.9 Å². The SMILES string of the molecule is CCCCN1C[NH+]=C2C(C1)C(=O)N(C)C(=O)N2C. The summed E-state index contributed by atoms with van der Waals surface area (Å²) in [5.74, 6) is 0.404. The van der Waals surface area contributed by atoms with Gasteiger partial charge in [0.2, 0.25) is 5.91 Å². The van der Waals surface area contributed by atoms with E-state index in [0.717, 1.165) is 25.2 Å². The van der Waals surface area contributed by atoms with Gasteiger partial charge in [-0.25, -0.2) is 9.69 Å². The van der Waals surface area contributed by atoms with Gasteiger partial charge < -0.3 is 0 Å². The second-order valence-corrected chi connectivity index (χ2v) is 4.94. The summed E-state index contributed by atoms with van der Waals surface area (Å²) in [4.78, 5) is 32.1. The maximum atomic E-state index is 12.1. The molecule has 0 aromatic carbocycles. The van der Waals surface area contributed by atoms with Crippen LogP contribution in [0.15, 0.2) is 0 Å². The van der Waals surface area contributed by atoms with Crippen LogP contribution in [0.4, 0.5) is 4.79 Å². The van der Waals surface area contributed by atoms with Gasteiger partial charge in [-0.3, -0.25) is 14.7 Å². The summed E-state index contributed by atoms with van der Waals surface area (Å²) < 4.78 is 0. The Bertz CT molecular complexity index is 394. The number of nitrogens with zero attached hydrogens (tertiary/aromatic N) is 3. The van der Waals surface area contributed by atoms with Gasteiger partial charge >= 0.3 is 6.03 Å². The highest BCUT2D eigenvalue weighted by atomic mass is 16.2. The third kappa shape index (κ3) is 2.12. The number of carbonyl (C=O) groups excluding carboxylic acids is 2. The number of hydrogen-bond acceptors (Lipinski definition) is 3. The number of carbonyl (C=O) groups is 2. The van der Waals surface area contributed by atoms with Gasteiger partial charge in [-0.05, 0) is 6.42 Å². The molecule has 1 saturated heterocycles. The zero-order valence-corrected chi connectivity index (χ0v) is 11.3. The van der Waals surface area contributed by atoms with E-state index < -0.39 is 0 Å². The van der Waals surface area contributed by atoms with Gasteiger partial charge in [-0.2, -0.15) is 4.90 Å². The maximum Gasteiger partial charge on any atom is 0.417 e. The minimum absolute atomic E-state index is 0.109. The van der Waals surface area contributed by atoms with Crippen molar-refractivity contribution in [1.82, 2.24) is 14.7 Å². The summed E-state index contributed by atoms with van der Waals surface area (Å²) in [6.07, 6.45) is 2.27. The van der Waals surface area contributed by atoms with Gasteiger partial charge in [0, 0.05) is 20.1 Å². The van der Waals surface area contributed by atoms with Gasteiger partial charge in [0.25, 0.3) is 5.84 Å². The fourth-order valence-electron chi connectivity index (χ4n) is 2.48. The second-order valence-electron chi connectivity index (χ2n) is 4.94. The summed E-state index contributed by atoms with van der Waals surface area (Å²) in [5.41, 5.74) is 0. The molecule has 1 N–H and O–H groups in total. The first-order valence-corrected chi connectivity index (χ1v) is 6.44. The monoisotopic (exact) mass is 253 g/mol. The van der Waals surface area contributed by atoms with Crippen molar-refractivity contribution in [1.29, 1.82) is 0 Å². The van der Waals surface area contributed by atoms with Gasteiger partial charge in [-0.1, -0.05) is 13.3 Å². The number of rotatable bonds is 3. The van der Waals surface area contributed by atoms with Crippen LogP contribution in [0, 0.1) is 5.92 Å². The number of unbranched alkanes of at least 4 members (excludes halogenated alkanes) is 1. The van der Waals surface area contributed by atoms with Crippen LogP contribution in [-0.2, 0) is 4.79 Å². The first-order valence-electron chi connectivity index (χ1n) is 6.44. The van der Waals surface area contributed by atoms with Crippen molar-refractivity contribution in [3.63, 3.8) is 0 Å². The smallest absolute Gasteiger partial charge is 0.273 e. The molecule has 0 saturated carbocycles. The van der Waals surface area contributed by atoms with E-state index in [9.17, 15) is 9.59 Å². The van der Waals surface area contributed by atoms with E-state index in [4.69, 9.17) is 0 Å². The molecule has 2 aliphatic heterocycles. The highest BCUT2D eigenvalue weighted by Crippen LogP contribution is 2.16. The van der Waals surface area contributed by atoms with Gasteiger partial charge in [0.05, 0.1) is 7.05 Å². The quantitative estimate of drug-likeness (QED) is 0.678. The number of amidine groups is 1. The zero-order chi connectivity index (χ0) is 13.3. The molecule has 1 unspecified atom stereocenters. The summed E-state index contributed by atoms with van der Waals surface area (Å²) in [5, 5.41) is 0. The van der Waals surface area contributed by atoms with E-state index in [1.165, 1.54) is 4.90 Å². The van der Waals surface area contributed by atoms with Crippen LogP contribution in [0.5, 0.6) is 0 Å². The first kappa shape index (κ1) is 13.0. The molecule has 2 aliphatic rings. The summed E-state index contributed by atoms with van der Waals surface area (Å²) in [6.45, 7) is 4.55. The molecule has 1 fully saturated rings. The molecule has 0 aliphatic carbocycles. The molecular formula is C12H21N4O2+. The Kier molecular flexibility index (Phi) is 3.65. The topological polar surface area (TPSA) is 57.8 Å². The molecule has 0 aromatic heterocycles. The van der Waals surface area contributed by atoms with Crippen molar-refractivity contribution in [3.8, 4) is 0 Å². The third-order valence-electron chi connectivity index (χ3n) is 3.65. The molecule has 2 rings (SSSR count). The largest absolute Gasteiger partial charge is 0.417 e. The lowest BCUT2D eigenvalue weighted by Gasteiger charge is -2.35. The van der Waals surface area contributed by atoms with Crippen molar-refractivity contribution >= 4 is 17.8 Å². The molecule has 3 amide bonds. The van der Waals surface area contributed by atoms with Crippen LogP contribution in [-0.4, -0.2) is 66.3 Å². The summed E-state index contributed by atoms with van der Waals surface area (Å²) in [7, 11) is 3.26. The van der Waals surface area contributed by atoms with E-state index >= 15 is 0 Å². The van der Waals surface area contributed by atoms with Gasteiger partial charge in [0.15, 0.2) is 5.92 Å². The molecule has 2 heterocycles. The predicted molar refractivity (Wildman–Crippen MR) is 66.7 cm³/mol. The van der Waals surface area contributed by atoms with E-state index in [1.807, 2.05) is 0 Å². The molecule has 0 spiro atoms. The Hall–Kier alpha value is -1.43. The molecule has 6 heteroatoms. The lowest BCUT2D eigenvalue weighted by atomic mass is 10.0. The molecule has 0 aromatic rings. The third-order valence-corrected chi connectivity index (χ3v) is 3.65. The molecule has 6 nitrogen and oxygen atoms in total. The Morgan fingerprint density at radius 1 is 1.28 bits per heavy atom. The Morgan fingerprint density at radius 3 is 2.67 bits per heavy atom. The number of urea groups is 1. The number of imide groups is 1. The Balaban J connectivity index is 2.15. The zero-order valence-electron chi connectivity index (χ0n) is 11.3. The second kappa shape index (κ2) is 5.06. The standard InChI is InChI=1S/C12H20N4O2/c1-4-5-6-16-7-9-10(13-8-16)14(2)12(18)15(3)11(9)17/h9H,4-8H2,1-3H3/p+1. The predicted octanol–water partition coefficient (Wildman–Crippen LogP) is -1.32. The normalized spacial score (nSPS) is 25.3. The van der Waals surface area contributed by atoms with Crippen LogP contribution < -0.4 is 4.99 Å². The average Bonchev–Trinajstić information content (AvgIpc) is 2.40. The molecule has 100 valence electrons. The van der Waals surface area contributed by atoms with Crippen molar-refractivity contribution in [2.45, 2.75) is 19.8 Å². The molecule has 1 atom stereocenters. The van der Waals surface area contributed by atoms with E-state index in [1.54, 1.807) is 19.0 Å². The Labute approximate surface area is 107 Å².